The van der Waals surface area contributed by atoms with E-state index in [9.17, 15) is 14.4 Å². The molecule has 0 rings (SSSR count). The second-order valence-electron chi connectivity index (χ2n) is 3.34. The summed E-state index contributed by atoms with van der Waals surface area (Å²) in [4.78, 5) is 35.4. The average Bonchev–Trinajstić information content (AvgIpc) is 2.37. The van der Waals surface area contributed by atoms with Crippen LogP contribution in [0.3, 0.4) is 0 Å². The highest BCUT2D eigenvalue weighted by Gasteiger charge is 2.09. The van der Waals surface area contributed by atoms with E-state index in [1.165, 1.54) is 7.11 Å². The van der Waals surface area contributed by atoms with E-state index < -0.39 is 5.97 Å². The van der Waals surface area contributed by atoms with Crippen LogP contribution < -0.4 is 0 Å². The second-order valence-corrected chi connectivity index (χ2v) is 4.44. The highest BCUT2D eigenvalue weighted by molar-refractivity contribution is 8.14. The van der Waals surface area contributed by atoms with Crippen molar-refractivity contribution in [2.24, 2.45) is 0 Å². The van der Waals surface area contributed by atoms with Gasteiger partial charge in [-0.25, -0.2) is 4.79 Å². The van der Waals surface area contributed by atoms with Crippen LogP contribution in [0.4, 0.5) is 0 Å². The standard InChI is InChI=1S/C12H19NO4S/c1-4-13(5-2)10(14)8-9-18-12(16)7-6-11(15)17-3/h6-7H,4-5,8-9H2,1-3H3/b7-6+. The van der Waals surface area contributed by atoms with Crippen molar-refractivity contribution in [1.29, 1.82) is 0 Å². The van der Waals surface area contributed by atoms with Gasteiger partial charge in [-0.15, -0.1) is 0 Å². The van der Waals surface area contributed by atoms with Gasteiger partial charge in [0.2, 0.25) is 11.0 Å². The molecule has 0 saturated carbocycles. The van der Waals surface area contributed by atoms with Gasteiger partial charge >= 0.3 is 5.97 Å². The smallest absolute Gasteiger partial charge is 0.330 e. The Morgan fingerprint density at radius 1 is 1.17 bits per heavy atom. The number of carbonyl (C=O) groups excluding carboxylic acids is 3. The third-order valence-corrected chi connectivity index (χ3v) is 3.06. The lowest BCUT2D eigenvalue weighted by atomic mass is 10.4. The summed E-state index contributed by atoms with van der Waals surface area (Å²) in [6.07, 6.45) is 2.55. The Hall–Kier alpha value is -1.30. The van der Waals surface area contributed by atoms with Crippen LogP contribution in [-0.4, -0.2) is 47.8 Å². The minimum absolute atomic E-state index is 0.0391. The maximum absolute atomic E-state index is 11.6. The molecule has 5 nitrogen and oxygen atoms in total. The molecule has 0 bridgehead atoms. The highest BCUT2D eigenvalue weighted by Crippen LogP contribution is 2.07. The zero-order valence-electron chi connectivity index (χ0n) is 11.0. The fourth-order valence-electron chi connectivity index (χ4n) is 1.23. The first-order valence-electron chi connectivity index (χ1n) is 5.75. The first-order chi connectivity index (χ1) is 8.54. The Balaban J connectivity index is 3.91. The molecule has 0 fully saturated rings. The Bertz CT molecular complexity index is 324. The van der Waals surface area contributed by atoms with Crippen molar-refractivity contribution in [3.63, 3.8) is 0 Å². The summed E-state index contributed by atoms with van der Waals surface area (Å²) in [6.45, 7) is 5.18. The number of hydrogen-bond acceptors (Lipinski definition) is 5. The van der Waals surface area contributed by atoms with E-state index >= 15 is 0 Å². The van der Waals surface area contributed by atoms with Crippen molar-refractivity contribution in [1.82, 2.24) is 4.90 Å². The molecule has 0 spiro atoms. The molecule has 0 aliphatic carbocycles. The molecule has 102 valence electrons. The van der Waals surface area contributed by atoms with Crippen LogP contribution >= 0.6 is 11.8 Å². The van der Waals surface area contributed by atoms with E-state index in [2.05, 4.69) is 4.74 Å². The van der Waals surface area contributed by atoms with Gasteiger partial charge in [-0.3, -0.25) is 9.59 Å². The summed E-state index contributed by atoms with van der Waals surface area (Å²) in [6, 6.07) is 0. The molecule has 0 atom stereocenters. The summed E-state index contributed by atoms with van der Waals surface area (Å²) in [5.74, 6) is -0.111. The zero-order valence-corrected chi connectivity index (χ0v) is 11.8. The highest BCUT2D eigenvalue weighted by atomic mass is 32.2. The van der Waals surface area contributed by atoms with Gasteiger partial charge in [-0.2, -0.15) is 0 Å². The number of ether oxygens (including phenoxy) is 1. The van der Waals surface area contributed by atoms with Crippen molar-refractivity contribution < 1.29 is 19.1 Å². The third-order valence-electron chi connectivity index (χ3n) is 2.23. The molecule has 0 radical (unpaired) electrons. The van der Waals surface area contributed by atoms with Crippen LogP contribution in [-0.2, 0) is 19.1 Å². The maximum Gasteiger partial charge on any atom is 0.330 e. The van der Waals surface area contributed by atoms with Gasteiger partial charge in [0, 0.05) is 31.3 Å². The third kappa shape index (κ3) is 7.11. The quantitative estimate of drug-likeness (QED) is 0.516. The second kappa shape index (κ2) is 9.70. The average molecular weight is 273 g/mol. The largest absolute Gasteiger partial charge is 0.466 e. The van der Waals surface area contributed by atoms with Gasteiger partial charge < -0.3 is 9.64 Å². The Labute approximate surface area is 112 Å². The van der Waals surface area contributed by atoms with Gasteiger partial charge in [0.15, 0.2) is 0 Å². The van der Waals surface area contributed by atoms with Crippen molar-refractivity contribution in [3.8, 4) is 0 Å². The minimum Gasteiger partial charge on any atom is -0.466 e. The van der Waals surface area contributed by atoms with Crippen molar-refractivity contribution in [3.05, 3.63) is 12.2 Å². The molecular weight excluding hydrogens is 254 g/mol. The Kier molecular flexibility index (Phi) is 9.00. The van der Waals surface area contributed by atoms with Gasteiger partial charge in [0.1, 0.15) is 0 Å². The fraction of sp³-hybridized carbons (Fsp3) is 0.583. The molecular formula is C12H19NO4S. The lowest BCUT2D eigenvalue weighted by Gasteiger charge is -2.17. The number of amides is 1. The molecule has 1 amide bonds. The Morgan fingerprint density at radius 2 is 1.78 bits per heavy atom. The minimum atomic E-state index is -0.567. The zero-order chi connectivity index (χ0) is 14.0. The predicted molar refractivity (Wildman–Crippen MR) is 71.2 cm³/mol. The normalized spacial score (nSPS) is 10.4. The molecule has 6 heteroatoms. The summed E-state index contributed by atoms with van der Waals surface area (Å²) >= 11 is 1.01. The molecule has 18 heavy (non-hydrogen) atoms. The van der Waals surface area contributed by atoms with Crippen molar-refractivity contribution in [2.45, 2.75) is 20.3 Å². The monoisotopic (exact) mass is 273 g/mol. The molecule has 0 aliphatic heterocycles. The number of methoxy groups -OCH3 is 1. The first kappa shape index (κ1) is 16.7. The molecule has 0 N–H and O–H groups in total. The van der Waals surface area contributed by atoms with E-state index in [-0.39, 0.29) is 11.0 Å². The molecule has 0 aromatic carbocycles. The van der Waals surface area contributed by atoms with Crippen LogP contribution in [0, 0.1) is 0 Å². The lowest BCUT2D eigenvalue weighted by Crippen LogP contribution is -2.30. The molecule has 0 heterocycles. The summed E-state index contributed by atoms with van der Waals surface area (Å²) in [5, 5.41) is -0.257. The van der Waals surface area contributed by atoms with E-state index in [4.69, 9.17) is 0 Å². The summed E-state index contributed by atoms with van der Waals surface area (Å²) < 4.78 is 4.36. The maximum atomic E-state index is 11.6. The van der Waals surface area contributed by atoms with Gasteiger partial charge in [0.05, 0.1) is 7.11 Å². The predicted octanol–water partition coefficient (Wildman–Crippen LogP) is 1.23. The molecule has 0 unspecified atom stereocenters. The SMILES string of the molecule is CCN(CC)C(=O)CCSC(=O)/C=C/C(=O)OC. The van der Waals surface area contributed by atoms with Gasteiger partial charge in [-0.05, 0) is 19.9 Å². The molecule has 0 aromatic rings. The summed E-state index contributed by atoms with van der Waals surface area (Å²) in [5.41, 5.74) is 0. The fourth-order valence-corrected chi connectivity index (χ4v) is 1.87. The van der Waals surface area contributed by atoms with Crippen LogP contribution in [0.1, 0.15) is 20.3 Å². The van der Waals surface area contributed by atoms with Crippen LogP contribution in [0.25, 0.3) is 0 Å². The van der Waals surface area contributed by atoms with Crippen LogP contribution in [0.2, 0.25) is 0 Å². The van der Waals surface area contributed by atoms with Gasteiger partial charge in [0.25, 0.3) is 0 Å². The number of thioether (sulfide) groups is 1. The number of nitrogens with zero attached hydrogens (tertiary/aromatic N) is 1. The Morgan fingerprint density at radius 3 is 2.28 bits per heavy atom. The number of rotatable bonds is 7. The van der Waals surface area contributed by atoms with Crippen LogP contribution in [0.5, 0.6) is 0 Å². The lowest BCUT2D eigenvalue weighted by molar-refractivity contribution is -0.135. The molecule has 0 aromatic heterocycles. The number of carbonyl (C=O) groups is 3. The van der Waals surface area contributed by atoms with Crippen molar-refractivity contribution >= 4 is 28.8 Å². The van der Waals surface area contributed by atoms with E-state index in [0.717, 1.165) is 23.9 Å². The van der Waals surface area contributed by atoms with Gasteiger partial charge in [-0.1, -0.05) is 11.8 Å². The molecule has 0 aliphatic rings. The topological polar surface area (TPSA) is 63.7 Å². The summed E-state index contributed by atoms with van der Waals surface area (Å²) in [7, 11) is 1.24. The van der Waals surface area contributed by atoms with E-state index in [1.54, 1.807) is 4.90 Å². The first-order valence-corrected chi connectivity index (χ1v) is 6.74. The van der Waals surface area contributed by atoms with Crippen LogP contribution in [0.15, 0.2) is 12.2 Å². The molecule has 0 saturated heterocycles. The van der Waals surface area contributed by atoms with E-state index in [1.807, 2.05) is 13.8 Å². The number of esters is 1. The number of hydrogen-bond donors (Lipinski definition) is 0. The van der Waals surface area contributed by atoms with E-state index in [0.29, 0.717) is 25.3 Å². The van der Waals surface area contributed by atoms with Crippen molar-refractivity contribution in [2.75, 3.05) is 26.0 Å².